The minimum Gasteiger partial charge on any atom is -0.481 e. The molecule has 0 aromatic heterocycles. The predicted octanol–water partition coefficient (Wildman–Crippen LogP) is 5.50. The molecule has 0 aliphatic carbocycles. The SMILES string of the molecule is CCCCCCCCCCCCC(F)CCC(=O)O. The molecule has 0 radical (unpaired) electrons. The molecule has 0 bridgehead atoms. The number of hydrogen-bond donors (Lipinski definition) is 1. The van der Waals surface area contributed by atoms with Gasteiger partial charge in [0.15, 0.2) is 0 Å². The maximum atomic E-state index is 13.2. The maximum Gasteiger partial charge on any atom is 0.303 e. The molecule has 0 aliphatic rings. The first-order valence-corrected chi connectivity index (χ1v) is 8.02. The summed E-state index contributed by atoms with van der Waals surface area (Å²) < 4.78 is 13.2. The highest BCUT2D eigenvalue weighted by atomic mass is 19.1. The van der Waals surface area contributed by atoms with Gasteiger partial charge in [-0.05, 0) is 12.8 Å². The van der Waals surface area contributed by atoms with E-state index in [2.05, 4.69) is 6.92 Å². The van der Waals surface area contributed by atoms with Crippen molar-refractivity contribution in [3.05, 3.63) is 0 Å². The summed E-state index contributed by atoms with van der Waals surface area (Å²) in [5.74, 6) is -0.897. The Morgan fingerprint density at radius 3 is 1.84 bits per heavy atom. The van der Waals surface area contributed by atoms with Crippen molar-refractivity contribution in [2.24, 2.45) is 0 Å². The van der Waals surface area contributed by atoms with Gasteiger partial charge in [0.1, 0.15) is 6.17 Å². The summed E-state index contributed by atoms with van der Waals surface area (Å²) in [4.78, 5) is 10.3. The Bertz CT molecular complexity index is 207. The molecule has 0 spiro atoms. The van der Waals surface area contributed by atoms with Gasteiger partial charge in [0.2, 0.25) is 0 Å². The third kappa shape index (κ3) is 15.3. The summed E-state index contributed by atoms with van der Waals surface area (Å²) in [6.07, 6.45) is 12.2. The molecule has 1 atom stereocenters. The zero-order valence-corrected chi connectivity index (χ0v) is 12.5. The van der Waals surface area contributed by atoms with Crippen LogP contribution in [0.4, 0.5) is 4.39 Å². The van der Waals surface area contributed by atoms with Crippen molar-refractivity contribution in [2.75, 3.05) is 0 Å². The van der Waals surface area contributed by atoms with Gasteiger partial charge in [-0.15, -0.1) is 0 Å². The van der Waals surface area contributed by atoms with Crippen LogP contribution >= 0.6 is 0 Å². The number of hydrogen-bond acceptors (Lipinski definition) is 1. The lowest BCUT2D eigenvalue weighted by molar-refractivity contribution is -0.137. The number of carboxylic acids is 1. The fourth-order valence-corrected chi connectivity index (χ4v) is 2.28. The first-order valence-electron chi connectivity index (χ1n) is 8.02. The number of rotatable bonds is 14. The van der Waals surface area contributed by atoms with Crippen molar-refractivity contribution in [3.8, 4) is 0 Å². The number of carbonyl (C=O) groups is 1. The van der Waals surface area contributed by atoms with Crippen LogP contribution in [0.1, 0.15) is 90.4 Å². The summed E-state index contributed by atoms with van der Waals surface area (Å²) in [5, 5.41) is 8.44. The van der Waals surface area contributed by atoms with Crippen molar-refractivity contribution in [3.63, 3.8) is 0 Å². The van der Waals surface area contributed by atoms with Gasteiger partial charge in [-0.2, -0.15) is 0 Å². The lowest BCUT2D eigenvalue weighted by atomic mass is 10.0. The van der Waals surface area contributed by atoms with Crippen LogP contribution in [0.25, 0.3) is 0 Å². The highest BCUT2D eigenvalue weighted by Crippen LogP contribution is 2.14. The molecule has 0 rings (SSSR count). The van der Waals surface area contributed by atoms with Crippen molar-refractivity contribution >= 4 is 5.97 Å². The molecule has 0 saturated carbocycles. The fraction of sp³-hybridized carbons (Fsp3) is 0.938. The van der Waals surface area contributed by atoms with E-state index in [1.54, 1.807) is 0 Å². The van der Waals surface area contributed by atoms with E-state index in [-0.39, 0.29) is 12.8 Å². The molecule has 2 nitrogen and oxygen atoms in total. The number of carboxylic acid groups (broad SMARTS) is 1. The van der Waals surface area contributed by atoms with Crippen LogP contribution in [0.5, 0.6) is 0 Å². The van der Waals surface area contributed by atoms with E-state index in [9.17, 15) is 9.18 Å². The molecule has 0 aromatic carbocycles. The molecule has 0 aromatic rings. The summed E-state index contributed by atoms with van der Waals surface area (Å²) in [6.45, 7) is 2.23. The first kappa shape index (κ1) is 18.4. The summed E-state index contributed by atoms with van der Waals surface area (Å²) >= 11 is 0. The quantitative estimate of drug-likeness (QED) is 0.425. The standard InChI is InChI=1S/C16H31FO2/c1-2-3-4-5-6-7-8-9-10-11-12-15(17)13-14-16(18)19/h15H,2-14H2,1H3,(H,18,19). The normalized spacial score (nSPS) is 12.5. The largest absolute Gasteiger partial charge is 0.481 e. The van der Waals surface area contributed by atoms with Crippen LogP contribution < -0.4 is 0 Å². The third-order valence-electron chi connectivity index (χ3n) is 3.54. The highest BCUT2D eigenvalue weighted by molar-refractivity contribution is 5.66. The zero-order chi connectivity index (χ0) is 14.3. The molecule has 0 aliphatic heterocycles. The summed E-state index contributed by atoms with van der Waals surface area (Å²) in [5.41, 5.74) is 0. The molecule has 0 heterocycles. The van der Waals surface area contributed by atoms with E-state index in [1.807, 2.05) is 0 Å². The zero-order valence-electron chi connectivity index (χ0n) is 12.5. The van der Waals surface area contributed by atoms with Gasteiger partial charge in [0.05, 0.1) is 0 Å². The van der Waals surface area contributed by atoms with Gasteiger partial charge in [-0.1, -0.05) is 71.1 Å². The van der Waals surface area contributed by atoms with Gasteiger partial charge in [0, 0.05) is 6.42 Å². The molecule has 0 amide bonds. The first-order chi connectivity index (χ1) is 9.16. The second-order valence-electron chi connectivity index (χ2n) is 5.50. The van der Waals surface area contributed by atoms with Gasteiger partial charge in [-0.3, -0.25) is 4.79 Å². The number of aliphatic carboxylic acids is 1. The van der Waals surface area contributed by atoms with E-state index >= 15 is 0 Å². The Balaban J connectivity index is 3.11. The second-order valence-corrected chi connectivity index (χ2v) is 5.50. The molecule has 1 unspecified atom stereocenters. The van der Waals surface area contributed by atoms with Crippen LogP contribution in [-0.2, 0) is 4.79 Å². The fourth-order valence-electron chi connectivity index (χ4n) is 2.28. The highest BCUT2D eigenvalue weighted by Gasteiger charge is 2.08. The van der Waals surface area contributed by atoms with Gasteiger partial charge in [-0.25, -0.2) is 4.39 Å². The Kier molecular flexibility index (Phi) is 13.4. The van der Waals surface area contributed by atoms with Crippen molar-refractivity contribution in [1.29, 1.82) is 0 Å². The molecule has 114 valence electrons. The van der Waals surface area contributed by atoms with Gasteiger partial charge in [0.25, 0.3) is 0 Å². The number of unbranched alkanes of at least 4 members (excludes halogenated alkanes) is 9. The van der Waals surface area contributed by atoms with Crippen LogP contribution in [0.3, 0.4) is 0 Å². The van der Waals surface area contributed by atoms with Crippen molar-refractivity contribution in [1.82, 2.24) is 0 Å². The van der Waals surface area contributed by atoms with Gasteiger partial charge < -0.3 is 5.11 Å². The molecular weight excluding hydrogens is 243 g/mol. The van der Waals surface area contributed by atoms with Crippen LogP contribution in [0, 0.1) is 0 Å². The monoisotopic (exact) mass is 274 g/mol. The summed E-state index contributed by atoms with van der Waals surface area (Å²) in [7, 11) is 0. The van der Waals surface area contributed by atoms with E-state index in [0.29, 0.717) is 6.42 Å². The van der Waals surface area contributed by atoms with Gasteiger partial charge >= 0.3 is 5.97 Å². The number of halogens is 1. The third-order valence-corrected chi connectivity index (χ3v) is 3.54. The Hall–Kier alpha value is -0.600. The minimum absolute atomic E-state index is 0.0427. The van der Waals surface area contributed by atoms with Crippen LogP contribution in [0.15, 0.2) is 0 Å². The van der Waals surface area contributed by atoms with E-state index in [4.69, 9.17) is 5.11 Å². The average molecular weight is 274 g/mol. The van der Waals surface area contributed by atoms with E-state index in [1.165, 1.54) is 51.4 Å². The maximum absolute atomic E-state index is 13.2. The minimum atomic E-state index is -0.926. The lowest BCUT2D eigenvalue weighted by Crippen LogP contribution is -2.04. The van der Waals surface area contributed by atoms with Crippen LogP contribution in [-0.4, -0.2) is 17.2 Å². The predicted molar refractivity (Wildman–Crippen MR) is 78.2 cm³/mol. The van der Waals surface area contributed by atoms with Crippen molar-refractivity contribution < 1.29 is 14.3 Å². The summed E-state index contributed by atoms with van der Waals surface area (Å²) in [6, 6.07) is 0. The van der Waals surface area contributed by atoms with Crippen LogP contribution in [0.2, 0.25) is 0 Å². The smallest absolute Gasteiger partial charge is 0.303 e. The second kappa shape index (κ2) is 13.8. The topological polar surface area (TPSA) is 37.3 Å². The van der Waals surface area contributed by atoms with E-state index < -0.39 is 12.1 Å². The Labute approximate surface area is 117 Å². The lowest BCUT2D eigenvalue weighted by Gasteiger charge is -2.06. The molecule has 3 heteroatoms. The van der Waals surface area contributed by atoms with E-state index in [0.717, 1.165) is 12.8 Å². The molecule has 0 saturated heterocycles. The van der Waals surface area contributed by atoms with Crippen molar-refractivity contribution in [2.45, 2.75) is 96.6 Å². The average Bonchev–Trinajstić information content (AvgIpc) is 2.38. The molecule has 0 fully saturated rings. The number of alkyl halides is 1. The molecule has 19 heavy (non-hydrogen) atoms. The molecule has 1 N–H and O–H groups in total. The Morgan fingerprint density at radius 1 is 0.895 bits per heavy atom. The Morgan fingerprint density at radius 2 is 1.37 bits per heavy atom. The molecular formula is C16H31FO2.